The van der Waals surface area contributed by atoms with Crippen LogP contribution in [0.2, 0.25) is 0 Å². The van der Waals surface area contributed by atoms with Gasteiger partial charge >= 0.3 is 0 Å². The summed E-state index contributed by atoms with van der Waals surface area (Å²) in [6, 6.07) is 14.0. The first-order valence-corrected chi connectivity index (χ1v) is 8.88. The summed E-state index contributed by atoms with van der Waals surface area (Å²) in [5.74, 6) is 0.754. The van der Waals surface area contributed by atoms with Crippen LogP contribution in [0.4, 0.5) is 5.00 Å². The van der Waals surface area contributed by atoms with E-state index in [2.05, 4.69) is 13.0 Å². The number of hydrogen-bond donors (Lipinski definition) is 1. The molecule has 1 aliphatic rings. The number of hydrogen-bond acceptors (Lipinski definition) is 3. The fraction of sp³-hybridized carbons (Fsp3) is 0.250. The van der Waals surface area contributed by atoms with Gasteiger partial charge in [0.05, 0.1) is 10.6 Å². The van der Waals surface area contributed by atoms with Crippen molar-refractivity contribution >= 4 is 32.9 Å². The van der Waals surface area contributed by atoms with Crippen LogP contribution < -0.4 is 5.73 Å². The first-order valence-electron chi connectivity index (χ1n) is 8.07. The Morgan fingerprint density at radius 2 is 1.96 bits per heavy atom. The van der Waals surface area contributed by atoms with E-state index < -0.39 is 0 Å². The van der Waals surface area contributed by atoms with Gasteiger partial charge in [0, 0.05) is 10.4 Å². The predicted octanol–water partition coefficient (Wildman–Crippen LogP) is 4.84. The molecule has 0 amide bonds. The molecule has 116 valence electrons. The van der Waals surface area contributed by atoms with E-state index in [1.807, 2.05) is 36.4 Å². The zero-order valence-corrected chi connectivity index (χ0v) is 14.0. The Bertz CT molecular complexity index is 909. The van der Waals surface area contributed by atoms with Crippen LogP contribution in [0.1, 0.15) is 39.7 Å². The van der Waals surface area contributed by atoms with Crippen LogP contribution in [-0.4, -0.2) is 5.78 Å². The van der Waals surface area contributed by atoms with E-state index >= 15 is 0 Å². The fourth-order valence-corrected chi connectivity index (χ4v) is 4.77. The van der Waals surface area contributed by atoms with E-state index in [0.717, 1.165) is 41.2 Å². The van der Waals surface area contributed by atoms with Crippen molar-refractivity contribution in [2.24, 2.45) is 5.92 Å². The minimum Gasteiger partial charge on any atom is -0.390 e. The van der Waals surface area contributed by atoms with E-state index in [-0.39, 0.29) is 5.78 Å². The van der Waals surface area contributed by atoms with Crippen molar-refractivity contribution in [1.82, 2.24) is 0 Å². The largest absolute Gasteiger partial charge is 0.390 e. The Balaban J connectivity index is 1.79. The number of benzene rings is 2. The lowest BCUT2D eigenvalue weighted by Crippen LogP contribution is -2.13. The summed E-state index contributed by atoms with van der Waals surface area (Å²) in [5, 5.41) is 2.93. The molecule has 0 bridgehead atoms. The van der Waals surface area contributed by atoms with Crippen LogP contribution in [-0.2, 0) is 12.8 Å². The van der Waals surface area contributed by atoms with Crippen LogP contribution in [0.3, 0.4) is 0 Å². The van der Waals surface area contributed by atoms with Gasteiger partial charge in [-0.3, -0.25) is 4.79 Å². The van der Waals surface area contributed by atoms with Crippen LogP contribution in [0, 0.1) is 5.92 Å². The normalized spacial score (nSPS) is 17.2. The third-order valence-electron chi connectivity index (χ3n) is 4.78. The summed E-state index contributed by atoms with van der Waals surface area (Å²) in [6.45, 7) is 2.27. The quantitative estimate of drug-likeness (QED) is 0.686. The van der Waals surface area contributed by atoms with Crippen molar-refractivity contribution in [2.45, 2.75) is 26.2 Å². The van der Waals surface area contributed by atoms with Gasteiger partial charge in [0.15, 0.2) is 5.78 Å². The average Bonchev–Trinajstić information content (AvgIpc) is 2.88. The lowest BCUT2D eigenvalue weighted by molar-refractivity contribution is 0.103. The molecule has 1 atom stereocenters. The van der Waals surface area contributed by atoms with E-state index in [9.17, 15) is 4.79 Å². The molecule has 3 aromatic rings. The zero-order chi connectivity index (χ0) is 16.0. The maximum absolute atomic E-state index is 13.1. The Labute approximate surface area is 139 Å². The summed E-state index contributed by atoms with van der Waals surface area (Å²) in [5.41, 5.74) is 8.90. The van der Waals surface area contributed by atoms with Gasteiger partial charge < -0.3 is 5.73 Å². The second-order valence-electron chi connectivity index (χ2n) is 6.48. The lowest BCUT2D eigenvalue weighted by Gasteiger charge is -2.18. The number of fused-ring (bicyclic) bond motifs is 2. The monoisotopic (exact) mass is 321 g/mol. The van der Waals surface area contributed by atoms with Gasteiger partial charge in [-0.05, 0) is 47.6 Å². The van der Waals surface area contributed by atoms with Crippen molar-refractivity contribution in [3.63, 3.8) is 0 Å². The Morgan fingerprint density at radius 1 is 1.17 bits per heavy atom. The molecule has 1 heterocycles. The molecule has 0 spiro atoms. The first-order chi connectivity index (χ1) is 11.1. The number of nitrogens with two attached hydrogens (primary N) is 1. The summed E-state index contributed by atoms with van der Waals surface area (Å²) in [6.07, 6.45) is 3.16. The molecule has 4 rings (SSSR count). The number of anilines is 1. The maximum atomic E-state index is 13.1. The van der Waals surface area contributed by atoms with Crippen LogP contribution in [0.25, 0.3) is 10.8 Å². The number of carbonyl (C=O) groups excluding carboxylic acids is 1. The lowest BCUT2D eigenvalue weighted by atomic mass is 9.86. The van der Waals surface area contributed by atoms with Crippen LogP contribution in [0.15, 0.2) is 42.5 Å². The number of rotatable bonds is 2. The van der Waals surface area contributed by atoms with Crippen molar-refractivity contribution < 1.29 is 4.79 Å². The third-order valence-corrected chi connectivity index (χ3v) is 5.86. The smallest absolute Gasteiger partial charge is 0.196 e. The SMILES string of the molecule is CC1CCc2c(sc(N)c2C(=O)c2ccc3ccccc3c2)C1. The fourth-order valence-electron chi connectivity index (χ4n) is 3.50. The number of nitrogen functional groups attached to an aromatic ring is 1. The summed E-state index contributed by atoms with van der Waals surface area (Å²) < 4.78 is 0. The molecule has 23 heavy (non-hydrogen) atoms. The molecule has 0 radical (unpaired) electrons. The van der Waals surface area contributed by atoms with Crippen LogP contribution in [0.5, 0.6) is 0 Å². The number of thiophene rings is 1. The first kappa shape index (κ1) is 14.5. The van der Waals surface area contributed by atoms with Crippen LogP contribution >= 0.6 is 11.3 Å². The molecule has 0 saturated carbocycles. The van der Waals surface area contributed by atoms with E-state index in [0.29, 0.717) is 10.9 Å². The molecule has 0 aliphatic heterocycles. The Kier molecular flexibility index (Phi) is 3.46. The molecule has 0 fully saturated rings. The van der Waals surface area contributed by atoms with Gasteiger partial charge in [-0.1, -0.05) is 43.3 Å². The highest BCUT2D eigenvalue weighted by atomic mass is 32.1. The second kappa shape index (κ2) is 5.50. The highest BCUT2D eigenvalue weighted by Crippen LogP contribution is 2.39. The summed E-state index contributed by atoms with van der Waals surface area (Å²) in [4.78, 5) is 14.4. The summed E-state index contributed by atoms with van der Waals surface area (Å²) >= 11 is 1.60. The van der Waals surface area contributed by atoms with E-state index in [1.54, 1.807) is 11.3 Å². The molecule has 0 saturated heterocycles. The van der Waals surface area contributed by atoms with Crippen molar-refractivity contribution in [1.29, 1.82) is 0 Å². The molecule has 1 aliphatic carbocycles. The van der Waals surface area contributed by atoms with Gasteiger partial charge in [0.2, 0.25) is 0 Å². The zero-order valence-electron chi connectivity index (χ0n) is 13.1. The Morgan fingerprint density at radius 3 is 2.78 bits per heavy atom. The standard InChI is InChI=1S/C20H19NOS/c1-12-6-9-16-17(10-12)23-20(21)18(16)19(22)15-8-7-13-4-2-3-5-14(13)11-15/h2-5,7-8,11-12H,6,9-10,21H2,1H3. The average molecular weight is 321 g/mol. The second-order valence-corrected chi connectivity index (χ2v) is 7.62. The summed E-state index contributed by atoms with van der Waals surface area (Å²) in [7, 11) is 0. The van der Waals surface area contributed by atoms with Gasteiger partial charge in [0.1, 0.15) is 0 Å². The third kappa shape index (κ3) is 2.45. The number of carbonyl (C=O) groups is 1. The predicted molar refractivity (Wildman–Crippen MR) is 97.3 cm³/mol. The molecule has 1 aromatic heterocycles. The molecule has 2 N–H and O–H groups in total. The van der Waals surface area contributed by atoms with Gasteiger partial charge in [-0.25, -0.2) is 0 Å². The van der Waals surface area contributed by atoms with Gasteiger partial charge in [-0.15, -0.1) is 11.3 Å². The Hall–Kier alpha value is -2.13. The van der Waals surface area contributed by atoms with Crippen molar-refractivity contribution in [3.8, 4) is 0 Å². The van der Waals surface area contributed by atoms with E-state index in [1.165, 1.54) is 10.4 Å². The molecule has 2 aromatic carbocycles. The highest BCUT2D eigenvalue weighted by Gasteiger charge is 2.27. The van der Waals surface area contributed by atoms with Gasteiger partial charge in [0.25, 0.3) is 0 Å². The minimum absolute atomic E-state index is 0.0697. The highest BCUT2D eigenvalue weighted by molar-refractivity contribution is 7.16. The molecule has 3 heteroatoms. The molecular formula is C20H19NOS. The van der Waals surface area contributed by atoms with Crippen molar-refractivity contribution in [3.05, 3.63) is 64.0 Å². The topological polar surface area (TPSA) is 43.1 Å². The van der Waals surface area contributed by atoms with E-state index in [4.69, 9.17) is 5.73 Å². The van der Waals surface area contributed by atoms with Crippen molar-refractivity contribution in [2.75, 3.05) is 5.73 Å². The maximum Gasteiger partial charge on any atom is 0.196 e. The minimum atomic E-state index is 0.0697. The number of ketones is 1. The molecule has 2 nitrogen and oxygen atoms in total. The molecule has 1 unspecified atom stereocenters. The van der Waals surface area contributed by atoms with Gasteiger partial charge in [-0.2, -0.15) is 0 Å². The molecular weight excluding hydrogens is 302 g/mol.